The molecule has 0 aliphatic carbocycles. The van der Waals surface area contributed by atoms with Crippen molar-refractivity contribution in [2.45, 2.75) is 19.9 Å². The molecule has 2 rings (SSSR count). The molecule has 0 saturated carbocycles. The highest BCUT2D eigenvalue weighted by Gasteiger charge is 2.09. The van der Waals surface area contributed by atoms with Gasteiger partial charge in [0.15, 0.2) is 0 Å². The van der Waals surface area contributed by atoms with Crippen molar-refractivity contribution in [1.82, 2.24) is 9.55 Å². The van der Waals surface area contributed by atoms with Crippen molar-refractivity contribution in [3.63, 3.8) is 0 Å². The standard InChI is InChI=1S/C11H16N4/c1-2-10-14-11-8(13)4-3-5-9(11)15(10)7-6-12/h3-5H,2,6-7,12-13H2,1H3. The van der Waals surface area contributed by atoms with Gasteiger partial charge >= 0.3 is 0 Å². The molecule has 0 radical (unpaired) electrons. The van der Waals surface area contributed by atoms with Gasteiger partial charge in [-0.15, -0.1) is 0 Å². The molecule has 2 aromatic rings. The normalized spacial score (nSPS) is 11.1. The Labute approximate surface area is 88.9 Å². The molecule has 0 amide bonds. The first-order valence-corrected chi connectivity index (χ1v) is 5.21. The van der Waals surface area contributed by atoms with Gasteiger partial charge in [-0.2, -0.15) is 0 Å². The van der Waals surface area contributed by atoms with Crippen molar-refractivity contribution >= 4 is 16.7 Å². The van der Waals surface area contributed by atoms with Crippen molar-refractivity contribution in [2.75, 3.05) is 12.3 Å². The number of nitrogen functional groups attached to an aromatic ring is 1. The van der Waals surface area contributed by atoms with E-state index in [-0.39, 0.29) is 0 Å². The smallest absolute Gasteiger partial charge is 0.112 e. The lowest BCUT2D eigenvalue weighted by atomic mass is 10.3. The van der Waals surface area contributed by atoms with Crippen LogP contribution >= 0.6 is 0 Å². The lowest BCUT2D eigenvalue weighted by Gasteiger charge is -2.05. The van der Waals surface area contributed by atoms with E-state index < -0.39 is 0 Å². The van der Waals surface area contributed by atoms with Gasteiger partial charge in [0.05, 0.1) is 11.2 Å². The minimum absolute atomic E-state index is 0.618. The van der Waals surface area contributed by atoms with E-state index in [0.717, 1.165) is 35.5 Å². The molecule has 4 N–H and O–H groups in total. The molecule has 80 valence electrons. The van der Waals surface area contributed by atoms with Gasteiger partial charge in [0.1, 0.15) is 11.3 Å². The Morgan fingerprint density at radius 2 is 2.20 bits per heavy atom. The molecular formula is C11H16N4. The number of rotatable bonds is 3. The number of anilines is 1. The summed E-state index contributed by atoms with van der Waals surface area (Å²) < 4.78 is 2.14. The maximum atomic E-state index is 5.88. The molecule has 0 aliphatic rings. The molecule has 0 saturated heterocycles. The number of imidazole rings is 1. The Hall–Kier alpha value is -1.55. The maximum Gasteiger partial charge on any atom is 0.112 e. The van der Waals surface area contributed by atoms with Crippen LogP contribution in [0.4, 0.5) is 5.69 Å². The number of aromatic nitrogens is 2. The van der Waals surface area contributed by atoms with E-state index in [0.29, 0.717) is 6.54 Å². The van der Waals surface area contributed by atoms with Crippen LogP contribution in [0.5, 0.6) is 0 Å². The molecule has 4 heteroatoms. The van der Waals surface area contributed by atoms with E-state index in [4.69, 9.17) is 11.5 Å². The molecule has 1 aromatic carbocycles. The summed E-state index contributed by atoms with van der Waals surface area (Å²) >= 11 is 0. The second-order valence-electron chi connectivity index (χ2n) is 3.54. The van der Waals surface area contributed by atoms with E-state index in [1.807, 2.05) is 18.2 Å². The molecule has 0 bridgehead atoms. The number of hydrogen-bond donors (Lipinski definition) is 2. The van der Waals surface area contributed by atoms with Crippen LogP contribution in [0.25, 0.3) is 11.0 Å². The predicted molar refractivity (Wildman–Crippen MR) is 62.6 cm³/mol. The second-order valence-corrected chi connectivity index (χ2v) is 3.54. The first-order chi connectivity index (χ1) is 7.27. The fraction of sp³-hybridized carbons (Fsp3) is 0.364. The third-order valence-electron chi connectivity index (χ3n) is 2.56. The molecule has 1 heterocycles. The molecule has 0 fully saturated rings. The van der Waals surface area contributed by atoms with Crippen LogP contribution in [0.2, 0.25) is 0 Å². The van der Waals surface area contributed by atoms with Gasteiger partial charge in [0.2, 0.25) is 0 Å². The Balaban J connectivity index is 2.68. The van der Waals surface area contributed by atoms with Gasteiger partial charge in [0, 0.05) is 19.5 Å². The number of hydrogen-bond acceptors (Lipinski definition) is 3. The monoisotopic (exact) mass is 204 g/mol. The van der Waals surface area contributed by atoms with E-state index in [1.54, 1.807) is 0 Å². The Bertz CT molecular complexity index is 473. The van der Waals surface area contributed by atoms with Gasteiger partial charge in [-0.25, -0.2) is 4.98 Å². The first-order valence-electron chi connectivity index (χ1n) is 5.21. The predicted octanol–water partition coefficient (Wildman–Crippen LogP) is 1.14. The summed E-state index contributed by atoms with van der Waals surface area (Å²) in [5, 5.41) is 0. The Morgan fingerprint density at radius 3 is 2.87 bits per heavy atom. The minimum Gasteiger partial charge on any atom is -0.397 e. The van der Waals surface area contributed by atoms with E-state index in [9.17, 15) is 0 Å². The van der Waals surface area contributed by atoms with Crippen LogP contribution in [-0.4, -0.2) is 16.1 Å². The zero-order valence-electron chi connectivity index (χ0n) is 8.90. The highest BCUT2D eigenvalue weighted by atomic mass is 15.1. The lowest BCUT2D eigenvalue weighted by Crippen LogP contribution is -2.12. The summed E-state index contributed by atoms with van der Waals surface area (Å²) in [6, 6.07) is 5.86. The summed E-state index contributed by atoms with van der Waals surface area (Å²) in [5.74, 6) is 1.05. The van der Waals surface area contributed by atoms with Crippen molar-refractivity contribution in [1.29, 1.82) is 0 Å². The van der Waals surface area contributed by atoms with Crippen LogP contribution in [0.15, 0.2) is 18.2 Å². The molecule has 0 unspecified atom stereocenters. The number of aryl methyl sites for hydroxylation is 1. The third-order valence-corrected chi connectivity index (χ3v) is 2.56. The molecule has 0 spiro atoms. The summed E-state index contributed by atoms with van der Waals surface area (Å²) in [5.41, 5.74) is 14.2. The summed E-state index contributed by atoms with van der Waals surface area (Å²) in [6.07, 6.45) is 0.897. The third kappa shape index (κ3) is 1.57. The molecule has 0 aliphatic heterocycles. The topological polar surface area (TPSA) is 69.9 Å². The van der Waals surface area contributed by atoms with Crippen LogP contribution in [0.1, 0.15) is 12.7 Å². The molecule has 1 aromatic heterocycles. The molecule has 15 heavy (non-hydrogen) atoms. The molecular weight excluding hydrogens is 188 g/mol. The van der Waals surface area contributed by atoms with Gasteiger partial charge in [-0.3, -0.25) is 0 Å². The first kappa shape index (κ1) is 9.98. The van der Waals surface area contributed by atoms with E-state index >= 15 is 0 Å². The van der Waals surface area contributed by atoms with Crippen LogP contribution < -0.4 is 11.5 Å². The number of benzene rings is 1. The summed E-state index contributed by atoms with van der Waals surface area (Å²) in [7, 11) is 0. The summed E-state index contributed by atoms with van der Waals surface area (Å²) in [6.45, 7) is 3.50. The highest BCUT2D eigenvalue weighted by molar-refractivity contribution is 5.87. The van der Waals surface area contributed by atoms with E-state index in [1.165, 1.54) is 0 Å². The van der Waals surface area contributed by atoms with Crippen molar-refractivity contribution in [3.05, 3.63) is 24.0 Å². The largest absolute Gasteiger partial charge is 0.397 e. The van der Waals surface area contributed by atoms with Gasteiger partial charge in [0.25, 0.3) is 0 Å². The average Bonchev–Trinajstić information content (AvgIpc) is 2.59. The average molecular weight is 204 g/mol. The van der Waals surface area contributed by atoms with Crippen molar-refractivity contribution < 1.29 is 0 Å². The van der Waals surface area contributed by atoms with Crippen LogP contribution in [-0.2, 0) is 13.0 Å². The summed E-state index contributed by atoms with van der Waals surface area (Å²) in [4.78, 5) is 4.53. The second kappa shape index (κ2) is 3.90. The molecule has 4 nitrogen and oxygen atoms in total. The number of nitrogens with zero attached hydrogens (tertiary/aromatic N) is 2. The fourth-order valence-electron chi connectivity index (χ4n) is 1.87. The fourth-order valence-corrected chi connectivity index (χ4v) is 1.87. The van der Waals surface area contributed by atoms with Gasteiger partial charge in [-0.05, 0) is 12.1 Å². The van der Waals surface area contributed by atoms with Crippen LogP contribution in [0, 0.1) is 0 Å². The van der Waals surface area contributed by atoms with E-state index in [2.05, 4.69) is 16.5 Å². The van der Waals surface area contributed by atoms with Crippen molar-refractivity contribution in [2.24, 2.45) is 5.73 Å². The van der Waals surface area contributed by atoms with Gasteiger partial charge < -0.3 is 16.0 Å². The molecule has 0 atom stereocenters. The lowest BCUT2D eigenvalue weighted by molar-refractivity contribution is 0.684. The maximum absolute atomic E-state index is 5.88. The SMILES string of the molecule is CCc1nc2c(N)cccc2n1CCN. The zero-order valence-corrected chi connectivity index (χ0v) is 8.90. The Morgan fingerprint density at radius 1 is 1.40 bits per heavy atom. The Kier molecular flexibility index (Phi) is 2.60. The zero-order chi connectivity index (χ0) is 10.8. The highest BCUT2D eigenvalue weighted by Crippen LogP contribution is 2.21. The quantitative estimate of drug-likeness (QED) is 0.736. The number of para-hydroxylation sites is 1. The number of nitrogens with two attached hydrogens (primary N) is 2. The van der Waals surface area contributed by atoms with Crippen LogP contribution in [0.3, 0.4) is 0 Å². The minimum atomic E-state index is 0.618. The van der Waals surface area contributed by atoms with Crippen molar-refractivity contribution in [3.8, 4) is 0 Å². The number of fused-ring (bicyclic) bond motifs is 1. The van der Waals surface area contributed by atoms with Gasteiger partial charge in [-0.1, -0.05) is 13.0 Å².